The minimum atomic E-state index is -0.247. The van der Waals surface area contributed by atoms with Crippen molar-refractivity contribution in [3.05, 3.63) is 71.5 Å². The van der Waals surface area contributed by atoms with Gasteiger partial charge in [0.2, 0.25) is 0 Å². The molecule has 4 rings (SSSR count). The number of hydrogen-bond acceptors (Lipinski definition) is 3. The molecule has 0 aromatic heterocycles. The molecule has 2 aromatic rings. The lowest BCUT2D eigenvalue weighted by Crippen LogP contribution is -2.56. The molecule has 4 heteroatoms. The zero-order valence-electron chi connectivity index (χ0n) is 15.8. The van der Waals surface area contributed by atoms with Gasteiger partial charge in [-0.3, -0.25) is 9.80 Å². The minimum Gasteiger partial charge on any atom is -0.391 e. The summed E-state index contributed by atoms with van der Waals surface area (Å²) in [6.45, 7) is 4.70. The van der Waals surface area contributed by atoms with Crippen molar-refractivity contribution in [1.82, 2.24) is 9.80 Å². The number of rotatable bonds is 4. The SMILES string of the molecule is O[C@@H]1CCN(Cc2ccc([18F])cc2)C[C@H]1N1CCC(c2ccccc2)CC1. The van der Waals surface area contributed by atoms with E-state index in [1.807, 2.05) is 12.1 Å². The van der Waals surface area contributed by atoms with E-state index in [1.54, 1.807) is 0 Å². The Morgan fingerprint density at radius 3 is 2.30 bits per heavy atom. The Bertz CT molecular complexity index is 713. The molecular formula is C23H29FN2O. The molecule has 0 radical (unpaired) electrons. The lowest BCUT2D eigenvalue weighted by Gasteiger charge is -2.45. The molecule has 144 valence electrons. The molecule has 0 spiro atoms. The number of nitrogens with zero attached hydrogens (tertiary/aromatic N) is 2. The number of aliphatic hydroxyl groups excluding tert-OH is 1. The van der Waals surface area contributed by atoms with Crippen molar-refractivity contribution in [2.75, 3.05) is 26.2 Å². The quantitative estimate of drug-likeness (QED) is 0.894. The molecule has 2 saturated heterocycles. The molecule has 0 bridgehead atoms. The molecule has 3 nitrogen and oxygen atoms in total. The summed E-state index contributed by atoms with van der Waals surface area (Å²) < 4.78 is 13.1. The first kappa shape index (κ1) is 18.6. The maximum absolute atomic E-state index is 13.1. The van der Waals surface area contributed by atoms with Gasteiger partial charge in [0.15, 0.2) is 0 Å². The monoisotopic (exact) mass is 367 g/mol. The van der Waals surface area contributed by atoms with Gasteiger partial charge in [-0.15, -0.1) is 0 Å². The Morgan fingerprint density at radius 2 is 1.59 bits per heavy atom. The summed E-state index contributed by atoms with van der Waals surface area (Å²) in [4.78, 5) is 4.88. The van der Waals surface area contributed by atoms with E-state index in [0.29, 0.717) is 5.92 Å². The first-order valence-electron chi connectivity index (χ1n) is 10.1. The van der Waals surface area contributed by atoms with Gasteiger partial charge in [0.25, 0.3) is 0 Å². The van der Waals surface area contributed by atoms with E-state index < -0.39 is 0 Å². The topological polar surface area (TPSA) is 26.7 Å². The number of hydrogen-bond donors (Lipinski definition) is 1. The van der Waals surface area contributed by atoms with Gasteiger partial charge in [-0.1, -0.05) is 42.5 Å². The van der Waals surface area contributed by atoms with Crippen molar-refractivity contribution < 1.29 is 9.50 Å². The Kier molecular flexibility index (Phi) is 5.86. The fourth-order valence-corrected chi connectivity index (χ4v) is 4.62. The third-order valence-electron chi connectivity index (χ3n) is 6.22. The molecule has 2 aromatic carbocycles. The fourth-order valence-electron chi connectivity index (χ4n) is 4.62. The van der Waals surface area contributed by atoms with E-state index in [-0.39, 0.29) is 18.0 Å². The molecule has 2 fully saturated rings. The van der Waals surface area contributed by atoms with Crippen molar-refractivity contribution in [3.8, 4) is 0 Å². The molecule has 2 heterocycles. The number of likely N-dealkylation sites (tertiary alicyclic amines) is 2. The van der Waals surface area contributed by atoms with Crippen LogP contribution in [0.2, 0.25) is 0 Å². The predicted octanol–water partition coefficient (Wildman–Crippen LogP) is 3.64. The van der Waals surface area contributed by atoms with E-state index in [1.165, 1.54) is 17.7 Å². The van der Waals surface area contributed by atoms with Crippen LogP contribution in [0.5, 0.6) is 0 Å². The number of piperidine rings is 2. The van der Waals surface area contributed by atoms with Crippen molar-refractivity contribution in [2.45, 2.75) is 43.9 Å². The normalized spacial score (nSPS) is 25.6. The lowest BCUT2D eigenvalue weighted by molar-refractivity contribution is -0.0222. The summed E-state index contributed by atoms with van der Waals surface area (Å²) in [5.74, 6) is 0.450. The van der Waals surface area contributed by atoms with E-state index in [9.17, 15) is 9.50 Å². The summed E-state index contributed by atoms with van der Waals surface area (Å²) >= 11 is 0. The highest BCUT2D eigenvalue weighted by atomic mass is 18.2. The molecular weight excluding hydrogens is 338 g/mol. The molecule has 27 heavy (non-hydrogen) atoms. The average Bonchev–Trinajstić information content (AvgIpc) is 2.72. The lowest BCUT2D eigenvalue weighted by atomic mass is 9.88. The summed E-state index contributed by atoms with van der Waals surface area (Å²) in [6.07, 6.45) is 2.88. The highest BCUT2D eigenvalue weighted by Gasteiger charge is 2.34. The van der Waals surface area contributed by atoms with Crippen LogP contribution in [-0.4, -0.2) is 53.2 Å². The second-order valence-corrected chi connectivity index (χ2v) is 8.01. The second kappa shape index (κ2) is 8.51. The van der Waals surface area contributed by atoms with Gasteiger partial charge in [0, 0.05) is 25.7 Å². The van der Waals surface area contributed by atoms with Gasteiger partial charge in [0.05, 0.1) is 6.10 Å². The summed E-state index contributed by atoms with van der Waals surface area (Å²) in [7, 11) is 0. The maximum atomic E-state index is 13.1. The summed E-state index contributed by atoms with van der Waals surface area (Å²) in [6, 6.07) is 17.8. The Morgan fingerprint density at radius 1 is 0.889 bits per heavy atom. The van der Waals surface area contributed by atoms with Crippen LogP contribution >= 0.6 is 0 Å². The van der Waals surface area contributed by atoms with Gasteiger partial charge in [-0.25, -0.2) is 4.39 Å². The summed E-state index contributed by atoms with van der Waals surface area (Å²) in [5.41, 5.74) is 2.58. The van der Waals surface area contributed by atoms with Crippen LogP contribution in [-0.2, 0) is 6.54 Å². The van der Waals surface area contributed by atoms with Crippen LogP contribution < -0.4 is 0 Å². The molecule has 2 aliphatic heterocycles. The zero-order chi connectivity index (χ0) is 18.6. The largest absolute Gasteiger partial charge is 0.391 e. The van der Waals surface area contributed by atoms with E-state index >= 15 is 0 Å². The van der Waals surface area contributed by atoms with E-state index in [2.05, 4.69) is 40.1 Å². The highest BCUT2D eigenvalue weighted by molar-refractivity contribution is 5.20. The number of halogens is 1. The smallest absolute Gasteiger partial charge is 0.123 e. The first-order chi connectivity index (χ1) is 13.2. The van der Waals surface area contributed by atoms with Gasteiger partial charge in [0.1, 0.15) is 5.82 Å². The Hall–Kier alpha value is -1.75. The molecule has 2 aliphatic rings. The van der Waals surface area contributed by atoms with Crippen molar-refractivity contribution in [2.24, 2.45) is 0 Å². The van der Waals surface area contributed by atoms with Gasteiger partial charge < -0.3 is 5.11 Å². The minimum absolute atomic E-state index is 0.188. The van der Waals surface area contributed by atoms with Crippen molar-refractivity contribution in [3.63, 3.8) is 0 Å². The van der Waals surface area contributed by atoms with Crippen LogP contribution in [0.1, 0.15) is 36.3 Å². The standard InChI is InChI=1S/C23H29FN2O/c24-21-8-6-18(7-9-21)16-25-13-12-23(27)22(17-25)26-14-10-20(11-15-26)19-4-2-1-3-5-19/h1-9,20,22-23,27H,10-17H2/t22-,23-/m1/s1/i24-1. The van der Waals surface area contributed by atoms with Crippen LogP contribution in [0.3, 0.4) is 0 Å². The number of benzene rings is 2. The molecule has 0 unspecified atom stereocenters. The predicted molar refractivity (Wildman–Crippen MR) is 106 cm³/mol. The van der Waals surface area contributed by atoms with E-state index in [0.717, 1.165) is 57.5 Å². The molecule has 0 amide bonds. The van der Waals surface area contributed by atoms with Gasteiger partial charge in [-0.2, -0.15) is 0 Å². The van der Waals surface area contributed by atoms with Crippen molar-refractivity contribution >= 4 is 0 Å². The molecule has 1 N–H and O–H groups in total. The molecule has 0 saturated carbocycles. The second-order valence-electron chi connectivity index (χ2n) is 8.01. The molecule has 0 aliphatic carbocycles. The average molecular weight is 367 g/mol. The fraction of sp³-hybridized carbons (Fsp3) is 0.478. The van der Waals surface area contributed by atoms with Crippen LogP contribution in [0.15, 0.2) is 54.6 Å². The maximum Gasteiger partial charge on any atom is 0.123 e. The first-order valence-corrected chi connectivity index (χ1v) is 10.1. The number of aliphatic hydroxyl groups is 1. The summed E-state index contributed by atoms with van der Waals surface area (Å²) in [5, 5.41) is 10.6. The van der Waals surface area contributed by atoms with Crippen LogP contribution in [0, 0.1) is 5.82 Å². The third-order valence-corrected chi connectivity index (χ3v) is 6.22. The Balaban J connectivity index is 1.34. The highest BCUT2D eigenvalue weighted by Crippen LogP contribution is 2.30. The molecule has 2 atom stereocenters. The van der Waals surface area contributed by atoms with Crippen LogP contribution in [0.25, 0.3) is 0 Å². The third kappa shape index (κ3) is 4.57. The van der Waals surface area contributed by atoms with Crippen LogP contribution in [0.4, 0.5) is 4.39 Å². The van der Waals surface area contributed by atoms with Gasteiger partial charge in [-0.05, 0) is 61.5 Å². The van der Waals surface area contributed by atoms with Crippen molar-refractivity contribution in [1.29, 1.82) is 0 Å². The zero-order valence-corrected chi connectivity index (χ0v) is 15.8. The van der Waals surface area contributed by atoms with Gasteiger partial charge >= 0.3 is 0 Å². The van der Waals surface area contributed by atoms with E-state index in [4.69, 9.17) is 0 Å². The Labute approximate surface area is 161 Å².